The van der Waals surface area contributed by atoms with Gasteiger partial charge in [0.05, 0.1) is 0 Å². The first kappa shape index (κ1) is 59.8. The molecule has 11 rings (SSSR count). The highest BCUT2D eigenvalue weighted by Gasteiger charge is 2.32. The summed E-state index contributed by atoms with van der Waals surface area (Å²) in [7, 11) is 0. The van der Waals surface area contributed by atoms with Gasteiger partial charge in [-0.2, -0.15) is 59.8 Å². The van der Waals surface area contributed by atoms with Gasteiger partial charge in [-0.05, 0) is 58.1 Å². The van der Waals surface area contributed by atoms with Crippen LogP contribution in [0.5, 0.6) is 0 Å². The predicted octanol–water partition coefficient (Wildman–Crippen LogP) is 5.03. The number of amides is 1. The summed E-state index contributed by atoms with van der Waals surface area (Å²) in [6.07, 6.45) is 8.90. The van der Waals surface area contributed by atoms with E-state index in [1.54, 1.807) is 4.90 Å². The van der Waals surface area contributed by atoms with Gasteiger partial charge in [0.25, 0.3) is 0 Å². The number of anilines is 13. The van der Waals surface area contributed by atoms with Crippen molar-refractivity contribution in [2.45, 2.75) is 105 Å². The predicted molar refractivity (Wildman–Crippen MR) is 339 cm³/mol. The Labute approximate surface area is 506 Å². The quantitative estimate of drug-likeness (QED) is 0.0640. The van der Waals surface area contributed by atoms with Crippen molar-refractivity contribution in [2.24, 2.45) is 5.92 Å². The zero-order chi connectivity index (χ0) is 59.4. The maximum Gasteiger partial charge on any atom is 0.410 e. The number of carbonyl (C=O) groups excluding carboxylic acids is 1. The van der Waals surface area contributed by atoms with Crippen LogP contribution in [0.4, 0.5) is 81.9 Å². The second-order valence-corrected chi connectivity index (χ2v) is 24.5. The van der Waals surface area contributed by atoms with Crippen molar-refractivity contribution >= 4 is 83.2 Å². The standard InChI is InChI=1S/C58H90N26O2/c1-7-8-15-20-60-45-64-49(76-23-21-59-22-24-76)72-50(65-45)77-25-27-78(28-26-77)51-66-46(61-41-42(2)3)67-52(73-51)79-29-31-80(32-30-79)53-68-47(62-43-16-11-9-12-17-43)69-54(74-53)81-33-35-82(36-34-81)55-70-48(63-44-18-13-10-14-19-44)71-56(75-55)83-37-39-84(40-38-83)57(85)86-58(4,5)6/h10,13-14,18-19,42-43,59H,7-9,11-12,15-17,20-41H2,1-6H3,(H,60,64,65,72)(H,61,66,67,73)(H,62,68,69,74)(H,63,70,71,75). The van der Waals surface area contributed by atoms with E-state index in [1.807, 2.05) is 51.1 Å². The lowest BCUT2D eigenvalue weighted by atomic mass is 9.96. The lowest BCUT2D eigenvalue weighted by Gasteiger charge is -2.38. The zero-order valence-electron chi connectivity index (χ0n) is 51.5. The van der Waals surface area contributed by atoms with Crippen molar-refractivity contribution in [2.75, 3.05) is 204 Å². The molecule has 28 heteroatoms. The first-order valence-electron chi connectivity index (χ1n) is 31.6. The van der Waals surface area contributed by atoms with Crippen LogP contribution in [0.3, 0.4) is 0 Å². The second kappa shape index (κ2) is 28.1. The van der Waals surface area contributed by atoms with Gasteiger partial charge in [-0.15, -0.1) is 0 Å². The average molecular weight is 1180 g/mol. The second-order valence-electron chi connectivity index (χ2n) is 24.5. The van der Waals surface area contributed by atoms with Gasteiger partial charge in [-0.25, -0.2) is 4.79 Å². The normalized spacial score (nSPS) is 18.4. The maximum absolute atomic E-state index is 12.9. The summed E-state index contributed by atoms with van der Waals surface area (Å²) in [4.78, 5) is 93.1. The summed E-state index contributed by atoms with van der Waals surface area (Å²) in [6.45, 7) is 27.5. The molecule has 5 saturated heterocycles. The van der Waals surface area contributed by atoms with Crippen molar-refractivity contribution in [1.29, 1.82) is 0 Å². The number of rotatable bonds is 20. The molecule has 0 unspecified atom stereocenters. The molecule has 5 aromatic rings. The van der Waals surface area contributed by atoms with Gasteiger partial charge in [0.2, 0.25) is 71.4 Å². The van der Waals surface area contributed by atoms with Crippen LogP contribution in [0, 0.1) is 5.92 Å². The van der Waals surface area contributed by atoms with Crippen molar-refractivity contribution in [1.82, 2.24) is 70.0 Å². The topological polar surface area (TPSA) is 270 Å². The average Bonchev–Trinajstić information content (AvgIpc) is 3.71. The van der Waals surface area contributed by atoms with Gasteiger partial charge >= 0.3 is 6.09 Å². The first-order chi connectivity index (χ1) is 41.8. The van der Waals surface area contributed by atoms with Gasteiger partial charge in [0.1, 0.15) is 5.60 Å². The molecule has 28 nitrogen and oxygen atoms in total. The van der Waals surface area contributed by atoms with E-state index in [1.165, 1.54) is 19.3 Å². The Morgan fingerprint density at radius 3 is 1.33 bits per heavy atom. The van der Waals surface area contributed by atoms with E-state index in [0.717, 1.165) is 83.0 Å². The van der Waals surface area contributed by atoms with Crippen LogP contribution in [-0.2, 0) is 4.74 Å². The van der Waals surface area contributed by atoms with E-state index < -0.39 is 5.60 Å². The van der Waals surface area contributed by atoms with Crippen LogP contribution in [0.2, 0.25) is 0 Å². The minimum Gasteiger partial charge on any atom is -0.444 e. The molecule has 6 aliphatic rings. The van der Waals surface area contributed by atoms with Crippen LogP contribution < -0.4 is 65.8 Å². The molecule has 4 aromatic heterocycles. The molecule has 6 fully saturated rings. The molecular formula is C58H90N26O2. The third kappa shape index (κ3) is 15.9. The van der Waals surface area contributed by atoms with Gasteiger partial charge < -0.3 is 75.4 Å². The van der Waals surface area contributed by atoms with Crippen LogP contribution in [0.1, 0.15) is 92.9 Å². The number of para-hydroxylation sites is 1. The number of nitrogens with one attached hydrogen (secondary N) is 5. The molecule has 0 spiro atoms. The number of piperazine rings is 5. The molecule has 0 bridgehead atoms. The molecule has 1 aliphatic carbocycles. The van der Waals surface area contributed by atoms with Crippen LogP contribution >= 0.6 is 0 Å². The minimum absolute atomic E-state index is 0.308. The van der Waals surface area contributed by atoms with Gasteiger partial charge in [0.15, 0.2) is 0 Å². The van der Waals surface area contributed by atoms with E-state index in [4.69, 9.17) is 64.5 Å². The molecule has 1 saturated carbocycles. The summed E-state index contributed by atoms with van der Waals surface area (Å²) in [5, 5.41) is 17.6. The monoisotopic (exact) mass is 1180 g/mol. The summed E-state index contributed by atoms with van der Waals surface area (Å²) in [6, 6.07) is 10.2. The summed E-state index contributed by atoms with van der Waals surface area (Å²) >= 11 is 0. The molecular weight excluding hydrogens is 1090 g/mol. The SMILES string of the molecule is CCCCCNc1nc(N2CCNCC2)nc(N2CCN(c3nc(NCC(C)C)nc(N4CCN(c5nc(NC6CCCCC6)nc(N6CCN(c7nc(Nc8ccccc8)nc(N8CCN(C(=O)OC(C)(C)C)CC8)n7)CC6)n5)CC4)n3)CC2)n1. The van der Waals surface area contributed by atoms with E-state index in [0.29, 0.717) is 182 Å². The number of benzene rings is 1. The lowest BCUT2D eigenvalue weighted by Crippen LogP contribution is -2.51. The highest BCUT2D eigenvalue weighted by atomic mass is 16.6. The fourth-order valence-electron chi connectivity index (χ4n) is 11.4. The fraction of sp³-hybridized carbons (Fsp3) is 0.672. The van der Waals surface area contributed by atoms with Crippen LogP contribution in [0.25, 0.3) is 0 Å². The summed E-state index contributed by atoms with van der Waals surface area (Å²) in [5.74, 6) is 7.90. The summed E-state index contributed by atoms with van der Waals surface area (Å²) in [5.41, 5.74) is 0.309. The Morgan fingerprint density at radius 2 is 0.907 bits per heavy atom. The Kier molecular flexibility index (Phi) is 19.5. The van der Waals surface area contributed by atoms with Crippen molar-refractivity contribution in [3.05, 3.63) is 30.3 Å². The third-order valence-corrected chi connectivity index (χ3v) is 16.3. The van der Waals surface area contributed by atoms with Gasteiger partial charge in [-0.1, -0.05) is 71.1 Å². The Morgan fingerprint density at radius 1 is 0.512 bits per heavy atom. The van der Waals surface area contributed by atoms with E-state index in [2.05, 4.69) is 86.6 Å². The molecule has 9 heterocycles. The summed E-state index contributed by atoms with van der Waals surface area (Å²) < 4.78 is 5.68. The number of hydrogen-bond acceptors (Lipinski definition) is 27. The van der Waals surface area contributed by atoms with Crippen molar-refractivity contribution in [3.63, 3.8) is 0 Å². The lowest BCUT2D eigenvalue weighted by molar-refractivity contribution is 0.0240. The number of nitrogens with zero attached hydrogens (tertiary/aromatic N) is 21. The Hall–Kier alpha value is -7.91. The van der Waals surface area contributed by atoms with Gasteiger partial charge in [0, 0.05) is 156 Å². The number of ether oxygens (including phenoxy) is 1. The molecule has 0 radical (unpaired) electrons. The number of aromatic nitrogens is 12. The van der Waals surface area contributed by atoms with Gasteiger partial charge in [-0.3, -0.25) is 0 Å². The molecule has 1 aromatic carbocycles. The smallest absolute Gasteiger partial charge is 0.410 e. The first-order valence-corrected chi connectivity index (χ1v) is 31.6. The van der Waals surface area contributed by atoms with Crippen molar-refractivity contribution < 1.29 is 9.53 Å². The molecule has 0 atom stereocenters. The van der Waals surface area contributed by atoms with Crippen LogP contribution in [-0.4, -0.2) is 226 Å². The molecule has 5 N–H and O–H groups in total. The largest absolute Gasteiger partial charge is 0.444 e. The third-order valence-electron chi connectivity index (χ3n) is 16.3. The molecule has 5 aliphatic heterocycles. The molecule has 464 valence electrons. The molecule has 86 heavy (non-hydrogen) atoms. The van der Waals surface area contributed by atoms with E-state index >= 15 is 0 Å². The highest BCUT2D eigenvalue weighted by Crippen LogP contribution is 2.29. The molecule has 1 amide bonds. The Balaban J connectivity index is 0.768. The van der Waals surface area contributed by atoms with Crippen LogP contribution in [0.15, 0.2) is 30.3 Å². The minimum atomic E-state index is -0.568. The maximum atomic E-state index is 12.9. The number of hydrogen-bond donors (Lipinski definition) is 5. The number of unbranched alkanes of at least 4 members (excludes halogenated alkanes) is 2. The zero-order valence-corrected chi connectivity index (χ0v) is 51.5. The number of carbonyl (C=O) groups is 1. The fourth-order valence-corrected chi connectivity index (χ4v) is 11.4. The highest BCUT2D eigenvalue weighted by molar-refractivity contribution is 5.68. The van der Waals surface area contributed by atoms with E-state index in [9.17, 15) is 4.79 Å². The van der Waals surface area contributed by atoms with Crippen molar-refractivity contribution in [3.8, 4) is 0 Å². The van der Waals surface area contributed by atoms with E-state index in [-0.39, 0.29) is 6.09 Å². The Bertz CT molecular complexity index is 2960.